The summed E-state index contributed by atoms with van der Waals surface area (Å²) in [6.07, 6.45) is -4.79. The summed E-state index contributed by atoms with van der Waals surface area (Å²) in [6, 6.07) is 6.85. The lowest BCUT2D eigenvalue weighted by Gasteiger charge is -2.16. The fourth-order valence-electron chi connectivity index (χ4n) is 1.59. The van der Waals surface area contributed by atoms with Crippen molar-refractivity contribution < 1.29 is 27.4 Å². The topological polar surface area (TPSA) is 42.6 Å². The highest BCUT2D eigenvalue weighted by molar-refractivity contribution is 9.10. The van der Waals surface area contributed by atoms with Crippen LogP contribution >= 0.6 is 15.9 Å². The molecule has 0 fully saturated rings. The van der Waals surface area contributed by atoms with Crippen LogP contribution in [-0.2, 0) is 0 Å². The zero-order valence-electron chi connectivity index (χ0n) is 9.32. The van der Waals surface area contributed by atoms with Gasteiger partial charge in [-0.3, -0.25) is 0 Å². The molecule has 1 unspecified atom stereocenters. The molecule has 0 aliphatic heterocycles. The maximum atomic E-state index is 12.3. The Morgan fingerprint density at radius 3 is 2.42 bits per heavy atom. The van der Waals surface area contributed by atoms with Crippen LogP contribution in [0, 0.1) is 0 Å². The predicted molar refractivity (Wildman–Crippen MR) is 63.6 cm³/mol. The van der Waals surface area contributed by atoms with Crippen molar-refractivity contribution in [1.82, 2.24) is 0 Å². The Kier molecular flexibility index (Phi) is 3.86. The van der Waals surface area contributed by atoms with E-state index in [4.69, 9.17) is 4.42 Å². The van der Waals surface area contributed by atoms with Gasteiger partial charge in [0.2, 0.25) is 0 Å². The maximum absolute atomic E-state index is 12.3. The molecule has 2 rings (SSSR count). The maximum Gasteiger partial charge on any atom is 0.573 e. The molecular formula is C12H8BrF3O3. The lowest BCUT2D eigenvalue weighted by Crippen LogP contribution is -2.18. The lowest BCUT2D eigenvalue weighted by atomic mass is 10.0. The van der Waals surface area contributed by atoms with Crippen LogP contribution in [0.4, 0.5) is 13.2 Å². The monoisotopic (exact) mass is 336 g/mol. The first-order chi connectivity index (χ1) is 8.88. The summed E-state index contributed by atoms with van der Waals surface area (Å²) in [5.41, 5.74) is 0.320. The number of benzene rings is 1. The molecule has 0 amide bonds. The number of alkyl halides is 3. The Bertz CT molecular complexity index is 565. The summed E-state index contributed by atoms with van der Waals surface area (Å²) >= 11 is 3.06. The molecule has 19 heavy (non-hydrogen) atoms. The Hall–Kier alpha value is -1.47. The van der Waals surface area contributed by atoms with Gasteiger partial charge in [-0.15, -0.1) is 13.2 Å². The van der Waals surface area contributed by atoms with E-state index in [1.165, 1.54) is 30.5 Å². The van der Waals surface area contributed by atoms with Gasteiger partial charge < -0.3 is 14.3 Å². The van der Waals surface area contributed by atoms with Crippen molar-refractivity contribution in [3.8, 4) is 5.75 Å². The zero-order chi connectivity index (χ0) is 14.0. The van der Waals surface area contributed by atoms with Gasteiger partial charge in [0, 0.05) is 11.1 Å². The van der Waals surface area contributed by atoms with Gasteiger partial charge in [0.25, 0.3) is 0 Å². The van der Waals surface area contributed by atoms with Gasteiger partial charge in [-0.25, -0.2) is 0 Å². The summed E-state index contributed by atoms with van der Waals surface area (Å²) in [5, 5.41) is 10.1. The summed E-state index contributed by atoms with van der Waals surface area (Å²) in [4.78, 5) is 0. The number of ether oxygens (including phenoxy) is 1. The second-order valence-corrected chi connectivity index (χ2v) is 4.36. The van der Waals surface area contributed by atoms with Crippen molar-refractivity contribution in [3.63, 3.8) is 0 Å². The molecule has 0 radical (unpaired) electrons. The number of para-hydroxylation sites is 1. The minimum atomic E-state index is -4.82. The molecule has 0 aliphatic rings. The van der Waals surface area contributed by atoms with Crippen LogP contribution < -0.4 is 4.74 Å². The molecule has 0 aliphatic carbocycles. The number of hydrogen-bond acceptors (Lipinski definition) is 3. The van der Waals surface area contributed by atoms with Crippen LogP contribution in [0.1, 0.15) is 17.2 Å². The Morgan fingerprint density at radius 1 is 1.16 bits per heavy atom. The van der Waals surface area contributed by atoms with E-state index in [0.29, 0.717) is 5.56 Å². The van der Waals surface area contributed by atoms with Crippen molar-refractivity contribution >= 4 is 15.9 Å². The van der Waals surface area contributed by atoms with Crippen molar-refractivity contribution in [2.75, 3.05) is 0 Å². The molecule has 0 spiro atoms. The average molecular weight is 337 g/mol. The summed E-state index contributed by atoms with van der Waals surface area (Å²) < 4.78 is 45.9. The summed E-state index contributed by atoms with van der Waals surface area (Å²) in [7, 11) is 0. The fraction of sp³-hybridized carbons (Fsp3) is 0.167. The molecule has 1 atom stereocenters. The lowest BCUT2D eigenvalue weighted by molar-refractivity contribution is -0.275. The van der Waals surface area contributed by atoms with E-state index in [1.54, 1.807) is 0 Å². The van der Waals surface area contributed by atoms with Gasteiger partial charge in [-0.1, -0.05) is 18.2 Å². The van der Waals surface area contributed by atoms with E-state index >= 15 is 0 Å². The minimum absolute atomic E-state index is 0.00178. The quantitative estimate of drug-likeness (QED) is 0.920. The number of rotatable bonds is 3. The van der Waals surface area contributed by atoms with E-state index in [-0.39, 0.29) is 10.2 Å². The Balaban J connectivity index is 2.37. The molecule has 1 heterocycles. The van der Waals surface area contributed by atoms with Crippen LogP contribution in [0.5, 0.6) is 5.75 Å². The molecule has 7 heteroatoms. The van der Waals surface area contributed by atoms with Gasteiger partial charge >= 0.3 is 6.36 Å². The number of hydrogen-bond donors (Lipinski definition) is 1. The smallest absolute Gasteiger partial charge is 0.457 e. The van der Waals surface area contributed by atoms with Gasteiger partial charge in [0.15, 0.2) is 4.67 Å². The van der Waals surface area contributed by atoms with Gasteiger partial charge in [-0.2, -0.15) is 0 Å². The highest BCUT2D eigenvalue weighted by Crippen LogP contribution is 2.36. The molecule has 0 saturated heterocycles. The van der Waals surface area contributed by atoms with Crippen LogP contribution in [-0.4, -0.2) is 11.5 Å². The second-order valence-electron chi connectivity index (χ2n) is 3.64. The normalized spacial score (nSPS) is 13.3. The van der Waals surface area contributed by atoms with Gasteiger partial charge in [0.05, 0.1) is 6.26 Å². The molecule has 2 aromatic rings. The van der Waals surface area contributed by atoms with E-state index in [1.807, 2.05) is 0 Å². The van der Waals surface area contributed by atoms with E-state index in [2.05, 4.69) is 20.7 Å². The molecule has 3 nitrogen and oxygen atoms in total. The average Bonchev–Trinajstić information content (AvgIpc) is 2.73. The number of furan rings is 1. The molecular weight excluding hydrogens is 329 g/mol. The third-order valence-electron chi connectivity index (χ3n) is 2.38. The third-order valence-corrected chi connectivity index (χ3v) is 3.02. The fourth-order valence-corrected chi connectivity index (χ4v) is 2.05. The van der Waals surface area contributed by atoms with Crippen LogP contribution in [0.2, 0.25) is 0 Å². The SMILES string of the molecule is OC(c1ccccc1OC(F)(F)F)c1ccoc1Br. The summed E-state index contributed by atoms with van der Waals surface area (Å²) in [5.74, 6) is -0.449. The highest BCUT2D eigenvalue weighted by atomic mass is 79.9. The molecule has 1 N–H and O–H groups in total. The van der Waals surface area contributed by atoms with E-state index in [9.17, 15) is 18.3 Å². The molecule has 102 valence electrons. The van der Waals surface area contributed by atoms with Crippen molar-refractivity contribution in [1.29, 1.82) is 0 Å². The van der Waals surface area contributed by atoms with Gasteiger partial charge in [0.1, 0.15) is 11.9 Å². The van der Waals surface area contributed by atoms with Crippen molar-refractivity contribution in [2.24, 2.45) is 0 Å². The molecule has 0 bridgehead atoms. The Labute approximate surface area is 114 Å². The molecule has 1 aromatic carbocycles. The van der Waals surface area contributed by atoms with Crippen molar-refractivity contribution in [2.45, 2.75) is 12.5 Å². The first-order valence-corrected chi connectivity index (χ1v) is 5.93. The highest BCUT2D eigenvalue weighted by Gasteiger charge is 2.33. The Morgan fingerprint density at radius 2 is 1.84 bits per heavy atom. The standard InChI is InChI=1S/C12H8BrF3O3/c13-11-8(5-6-18-11)10(17)7-3-1-2-4-9(7)19-12(14,15)16/h1-6,10,17H. The molecule has 0 saturated carbocycles. The second kappa shape index (κ2) is 5.26. The molecule has 1 aromatic heterocycles. The third kappa shape index (κ3) is 3.30. The van der Waals surface area contributed by atoms with Crippen molar-refractivity contribution in [3.05, 3.63) is 52.4 Å². The zero-order valence-corrected chi connectivity index (χ0v) is 10.9. The number of aliphatic hydroxyl groups excluding tert-OH is 1. The first-order valence-electron chi connectivity index (χ1n) is 5.14. The summed E-state index contributed by atoms with van der Waals surface area (Å²) in [6.45, 7) is 0. The van der Waals surface area contributed by atoms with Crippen LogP contribution in [0.25, 0.3) is 0 Å². The van der Waals surface area contributed by atoms with Gasteiger partial charge in [-0.05, 0) is 28.1 Å². The predicted octanol–water partition coefficient (Wildman–Crippen LogP) is 4.02. The van der Waals surface area contributed by atoms with E-state index in [0.717, 1.165) is 6.07 Å². The van der Waals surface area contributed by atoms with Crippen LogP contribution in [0.15, 0.2) is 45.7 Å². The first kappa shape index (κ1) is 14.0. The number of aliphatic hydroxyl groups is 1. The van der Waals surface area contributed by atoms with Crippen LogP contribution in [0.3, 0.4) is 0 Å². The van der Waals surface area contributed by atoms with E-state index < -0.39 is 18.2 Å². The number of halogens is 4. The minimum Gasteiger partial charge on any atom is -0.457 e. The largest absolute Gasteiger partial charge is 0.573 e.